The first-order chi connectivity index (χ1) is 14.2. The van der Waals surface area contributed by atoms with E-state index in [9.17, 15) is 4.79 Å². The molecule has 7 heteroatoms. The molecule has 0 aliphatic carbocycles. The Kier molecular flexibility index (Phi) is 7.95. The molecule has 2 heterocycles. The van der Waals surface area contributed by atoms with Gasteiger partial charge in [-0.3, -0.25) is 4.79 Å². The lowest BCUT2D eigenvalue weighted by atomic mass is 10.0. The Hall–Kier alpha value is -2.51. The summed E-state index contributed by atoms with van der Waals surface area (Å²) in [6.07, 6.45) is 9.23. The summed E-state index contributed by atoms with van der Waals surface area (Å²) >= 11 is 0. The molecular formula is C22H30N4O3. The lowest BCUT2D eigenvalue weighted by Gasteiger charge is -2.26. The van der Waals surface area contributed by atoms with E-state index < -0.39 is 0 Å². The highest BCUT2D eigenvalue weighted by Gasteiger charge is 2.19. The molecule has 1 aliphatic rings. The smallest absolute Gasteiger partial charge is 0.316 e. The highest BCUT2D eigenvalue weighted by molar-refractivity contribution is 5.95. The van der Waals surface area contributed by atoms with Crippen LogP contribution in [0.2, 0.25) is 0 Å². The van der Waals surface area contributed by atoms with E-state index in [2.05, 4.69) is 21.4 Å². The van der Waals surface area contributed by atoms with Gasteiger partial charge in [0, 0.05) is 43.8 Å². The summed E-state index contributed by atoms with van der Waals surface area (Å²) < 4.78 is 10.2. The molecule has 156 valence electrons. The zero-order chi connectivity index (χ0) is 20.5. The molecule has 29 heavy (non-hydrogen) atoms. The van der Waals surface area contributed by atoms with Gasteiger partial charge in [0.25, 0.3) is 5.91 Å². The topological polar surface area (TPSA) is 76.6 Å². The van der Waals surface area contributed by atoms with Gasteiger partial charge in [0.05, 0.1) is 7.11 Å². The molecule has 0 unspecified atom stereocenters. The Balaban J connectivity index is 1.95. The molecule has 0 radical (unpaired) electrons. The molecule has 0 saturated heterocycles. The van der Waals surface area contributed by atoms with E-state index in [1.54, 1.807) is 26.6 Å². The van der Waals surface area contributed by atoms with Crippen LogP contribution in [0.15, 0.2) is 30.6 Å². The van der Waals surface area contributed by atoms with Gasteiger partial charge in [-0.15, -0.1) is 0 Å². The average Bonchev–Trinajstić information content (AvgIpc) is 2.74. The number of methoxy groups -OCH3 is 2. The van der Waals surface area contributed by atoms with E-state index in [1.807, 2.05) is 17.0 Å². The third-order valence-corrected chi connectivity index (χ3v) is 5.13. The largest absolute Gasteiger partial charge is 0.467 e. The third-order valence-electron chi connectivity index (χ3n) is 5.13. The van der Waals surface area contributed by atoms with Gasteiger partial charge in [-0.1, -0.05) is 25.3 Å². The first-order valence-electron chi connectivity index (χ1n) is 10.2. The summed E-state index contributed by atoms with van der Waals surface area (Å²) in [6, 6.07) is 6.50. The number of ether oxygens (including phenoxy) is 2. The fourth-order valence-corrected chi connectivity index (χ4v) is 3.59. The Morgan fingerprint density at radius 2 is 1.83 bits per heavy atom. The fraction of sp³-hybridized carbons (Fsp3) is 0.500. The molecule has 1 aliphatic heterocycles. The molecule has 7 nitrogen and oxygen atoms in total. The number of hydrogen-bond donors (Lipinski definition) is 1. The van der Waals surface area contributed by atoms with Crippen LogP contribution in [0.25, 0.3) is 11.1 Å². The average molecular weight is 399 g/mol. The van der Waals surface area contributed by atoms with E-state index in [0.29, 0.717) is 19.1 Å². The van der Waals surface area contributed by atoms with Crippen molar-refractivity contribution in [1.29, 1.82) is 0 Å². The minimum absolute atomic E-state index is 0.00802. The lowest BCUT2D eigenvalue weighted by molar-refractivity contribution is -0.122. The van der Waals surface area contributed by atoms with Crippen LogP contribution in [0, 0.1) is 0 Å². The number of anilines is 1. The summed E-state index contributed by atoms with van der Waals surface area (Å²) in [7, 11) is 3.11. The number of rotatable bonds is 4. The Morgan fingerprint density at radius 1 is 1.07 bits per heavy atom. The van der Waals surface area contributed by atoms with Gasteiger partial charge in [0.1, 0.15) is 6.61 Å². The molecule has 0 fully saturated rings. The SMILES string of the molecule is COCC(=O)N1CCCCCCCNCc2cc(-c3cnc(OC)nc3)ccc21. The zero-order valence-electron chi connectivity index (χ0n) is 17.3. The number of hydrogen-bond acceptors (Lipinski definition) is 6. The van der Waals surface area contributed by atoms with E-state index in [1.165, 1.54) is 19.3 Å². The number of benzene rings is 1. The van der Waals surface area contributed by atoms with E-state index in [4.69, 9.17) is 9.47 Å². The van der Waals surface area contributed by atoms with Crippen molar-refractivity contribution in [3.8, 4) is 17.1 Å². The summed E-state index contributed by atoms with van der Waals surface area (Å²) in [6.45, 7) is 2.47. The second-order valence-corrected chi connectivity index (χ2v) is 7.22. The molecule has 0 spiro atoms. The first-order valence-corrected chi connectivity index (χ1v) is 10.2. The third kappa shape index (κ3) is 5.74. The summed E-state index contributed by atoms with van der Waals surface area (Å²) in [5.41, 5.74) is 3.95. The van der Waals surface area contributed by atoms with Gasteiger partial charge in [-0.2, -0.15) is 0 Å². The van der Waals surface area contributed by atoms with Crippen LogP contribution in [-0.2, 0) is 16.1 Å². The number of fused-ring (bicyclic) bond motifs is 1. The van der Waals surface area contributed by atoms with Crippen LogP contribution in [0.5, 0.6) is 6.01 Å². The number of nitrogens with zero attached hydrogens (tertiary/aromatic N) is 3. The molecule has 1 N–H and O–H groups in total. The van der Waals surface area contributed by atoms with E-state index in [-0.39, 0.29) is 12.5 Å². The monoisotopic (exact) mass is 398 g/mol. The maximum Gasteiger partial charge on any atom is 0.316 e. The second kappa shape index (κ2) is 10.9. The van der Waals surface area contributed by atoms with Gasteiger partial charge in [0.15, 0.2) is 0 Å². The maximum atomic E-state index is 12.7. The Morgan fingerprint density at radius 3 is 2.59 bits per heavy atom. The Bertz CT molecular complexity index is 795. The van der Waals surface area contributed by atoms with Crippen molar-refractivity contribution in [2.75, 3.05) is 38.8 Å². The predicted molar refractivity (Wildman–Crippen MR) is 113 cm³/mol. The molecule has 1 amide bonds. The van der Waals surface area contributed by atoms with Crippen LogP contribution in [0.1, 0.15) is 37.7 Å². The second-order valence-electron chi connectivity index (χ2n) is 7.22. The van der Waals surface area contributed by atoms with E-state index >= 15 is 0 Å². The molecule has 3 rings (SSSR count). The van der Waals surface area contributed by atoms with Crippen molar-refractivity contribution in [2.45, 2.75) is 38.6 Å². The highest BCUT2D eigenvalue weighted by Crippen LogP contribution is 2.28. The molecular weight excluding hydrogens is 368 g/mol. The van der Waals surface area contributed by atoms with Crippen molar-refractivity contribution in [3.05, 3.63) is 36.2 Å². The fourth-order valence-electron chi connectivity index (χ4n) is 3.59. The predicted octanol–water partition coefficient (Wildman–Crippen LogP) is 3.19. The molecule has 0 bridgehead atoms. The standard InChI is InChI=1S/C22H30N4O3/c1-28-16-21(27)26-11-7-5-3-4-6-10-23-13-18-12-17(8-9-20(18)26)19-14-24-22(29-2)25-15-19/h8-9,12,14-15,23H,3-7,10-11,13,16H2,1-2H3. The van der Waals surface area contributed by atoms with Crippen molar-refractivity contribution < 1.29 is 14.3 Å². The summed E-state index contributed by atoms with van der Waals surface area (Å²) in [5, 5.41) is 3.53. The van der Waals surface area contributed by atoms with Crippen molar-refractivity contribution >= 4 is 11.6 Å². The maximum absolute atomic E-state index is 12.7. The van der Waals surface area contributed by atoms with Gasteiger partial charge >= 0.3 is 6.01 Å². The number of carbonyl (C=O) groups excluding carboxylic acids is 1. The van der Waals surface area contributed by atoms with Crippen LogP contribution in [0.3, 0.4) is 0 Å². The van der Waals surface area contributed by atoms with Crippen LogP contribution >= 0.6 is 0 Å². The summed E-state index contributed by atoms with van der Waals surface area (Å²) in [4.78, 5) is 23.0. The number of aromatic nitrogens is 2. The highest BCUT2D eigenvalue weighted by atomic mass is 16.5. The normalized spacial score (nSPS) is 15.7. The van der Waals surface area contributed by atoms with Gasteiger partial charge in [0.2, 0.25) is 0 Å². The van der Waals surface area contributed by atoms with Gasteiger partial charge in [-0.05, 0) is 42.6 Å². The van der Waals surface area contributed by atoms with Crippen molar-refractivity contribution in [1.82, 2.24) is 15.3 Å². The van der Waals surface area contributed by atoms with Crippen LogP contribution < -0.4 is 15.0 Å². The molecule has 1 aromatic carbocycles. The van der Waals surface area contributed by atoms with E-state index in [0.717, 1.165) is 41.8 Å². The van der Waals surface area contributed by atoms with Crippen LogP contribution in [0.4, 0.5) is 5.69 Å². The number of amides is 1. The molecule has 1 aromatic heterocycles. The molecule has 2 aromatic rings. The Labute approximate surface area is 172 Å². The number of carbonyl (C=O) groups is 1. The van der Waals surface area contributed by atoms with Gasteiger partial charge < -0.3 is 19.7 Å². The number of nitrogens with one attached hydrogen (secondary N) is 1. The van der Waals surface area contributed by atoms with Gasteiger partial charge in [-0.25, -0.2) is 9.97 Å². The summed E-state index contributed by atoms with van der Waals surface area (Å²) in [5.74, 6) is -0.00802. The van der Waals surface area contributed by atoms with Crippen LogP contribution in [-0.4, -0.2) is 49.8 Å². The quantitative estimate of drug-likeness (QED) is 0.852. The molecule has 0 saturated carbocycles. The lowest BCUT2D eigenvalue weighted by Crippen LogP contribution is -2.36. The van der Waals surface area contributed by atoms with Crippen molar-refractivity contribution in [2.24, 2.45) is 0 Å². The minimum Gasteiger partial charge on any atom is -0.467 e. The zero-order valence-corrected chi connectivity index (χ0v) is 17.3. The molecule has 0 atom stereocenters. The minimum atomic E-state index is -0.00802. The van der Waals surface area contributed by atoms with Crippen molar-refractivity contribution in [3.63, 3.8) is 0 Å². The first kappa shape index (κ1) is 21.2.